The van der Waals surface area contributed by atoms with Crippen LogP contribution in [-0.2, 0) is 4.79 Å². The van der Waals surface area contributed by atoms with Crippen LogP contribution in [0.4, 0.5) is 0 Å². The fourth-order valence-corrected chi connectivity index (χ4v) is 3.72. The minimum absolute atomic E-state index is 0. The molecule has 0 bridgehead atoms. The van der Waals surface area contributed by atoms with Crippen molar-refractivity contribution in [2.75, 3.05) is 6.54 Å². The first-order valence-corrected chi connectivity index (χ1v) is 8.70. The second kappa shape index (κ2) is 9.03. The number of amides is 1. The molecule has 0 radical (unpaired) electrons. The van der Waals surface area contributed by atoms with Crippen molar-refractivity contribution >= 4 is 46.0 Å². The average Bonchev–Trinajstić information content (AvgIpc) is 2.88. The summed E-state index contributed by atoms with van der Waals surface area (Å²) < 4.78 is 1.05. The Balaban J connectivity index is 0.00000220. The highest BCUT2D eigenvalue weighted by molar-refractivity contribution is 9.10. The first kappa shape index (κ1) is 18.8. The lowest BCUT2D eigenvalue weighted by atomic mass is 10.0. The van der Waals surface area contributed by atoms with Crippen LogP contribution in [0.5, 0.6) is 0 Å². The van der Waals surface area contributed by atoms with Crippen LogP contribution >= 0.6 is 40.1 Å². The molecule has 1 amide bonds. The van der Waals surface area contributed by atoms with E-state index in [4.69, 9.17) is 5.73 Å². The molecule has 2 rings (SSSR count). The molecule has 0 saturated heterocycles. The van der Waals surface area contributed by atoms with Crippen molar-refractivity contribution in [1.82, 2.24) is 5.32 Å². The average molecular weight is 394 g/mol. The Morgan fingerprint density at radius 3 is 2.71 bits per heavy atom. The number of hydrogen-bond donors (Lipinski definition) is 2. The van der Waals surface area contributed by atoms with E-state index in [2.05, 4.69) is 21.2 Å². The molecule has 118 valence electrons. The summed E-state index contributed by atoms with van der Waals surface area (Å²) >= 11 is 5.00. The molecule has 1 aromatic rings. The van der Waals surface area contributed by atoms with Crippen LogP contribution in [0.1, 0.15) is 26.2 Å². The van der Waals surface area contributed by atoms with Crippen molar-refractivity contribution in [1.29, 1.82) is 0 Å². The molecular weight excluding hydrogens is 372 g/mol. The Hall–Kier alpha value is -0.230. The zero-order valence-electron chi connectivity index (χ0n) is 12.0. The first-order valence-electron chi connectivity index (χ1n) is 7.03. The summed E-state index contributed by atoms with van der Waals surface area (Å²) in [5.41, 5.74) is 5.75. The molecule has 1 aliphatic rings. The van der Waals surface area contributed by atoms with Gasteiger partial charge in [0, 0.05) is 15.4 Å². The van der Waals surface area contributed by atoms with E-state index in [-0.39, 0.29) is 29.6 Å². The van der Waals surface area contributed by atoms with E-state index < -0.39 is 0 Å². The van der Waals surface area contributed by atoms with Crippen LogP contribution < -0.4 is 11.1 Å². The highest BCUT2D eigenvalue weighted by Crippen LogP contribution is 2.27. The van der Waals surface area contributed by atoms with Crippen molar-refractivity contribution in [2.24, 2.45) is 11.7 Å². The van der Waals surface area contributed by atoms with E-state index in [1.165, 1.54) is 6.42 Å². The zero-order chi connectivity index (χ0) is 14.5. The van der Waals surface area contributed by atoms with Gasteiger partial charge in [-0.1, -0.05) is 22.4 Å². The number of rotatable bonds is 5. The number of carbonyl (C=O) groups is 1. The molecule has 0 aliphatic heterocycles. The van der Waals surface area contributed by atoms with Gasteiger partial charge in [0.2, 0.25) is 5.91 Å². The van der Waals surface area contributed by atoms with E-state index in [1.54, 1.807) is 11.8 Å². The standard InChI is InChI=1S/C15H21BrN2OS.ClH/c1-10(20-13-7-5-12(16)6-8-13)15(19)18-14-4-2-3-11(14)9-17;/h5-8,10-11,14H,2-4,9,17H2,1H3,(H,18,19);1H. The molecule has 21 heavy (non-hydrogen) atoms. The summed E-state index contributed by atoms with van der Waals surface area (Å²) in [6, 6.07) is 8.30. The quantitative estimate of drug-likeness (QED) is 0.752. The Kier molecular flexibility index (Phi) is 8.09. The van der Waals surface area contributed by atoms with Gasteiger partial charge < -0.3 is 11.1 Å². The fraction of sp³-hybridized carbons (Fsp3) is 0.533. The Bertz CT molecular complexity index is 457. The SMILES string of the molecule is CC(Sc1ccc(Br)cc1)C(=O)NC1CCCC1CN.Cl. The Morgan fingerprint density at radius 1 is 1.43 bits per heavy atom. The van der Waals surface area contributed by atoms with Gasteiger partial charge in [-0.3, -0.25) is 4.79 Å². The number of nitrogens with two attached hydrogens (primary N) is 1. The molecule has 1 aromatic carbocycles. The molecule has 3 unspecified atom stereocenters. The molecule has 1 aliphatic carbocycles. The second-order valence-corrected chi connectivity index (χ2v) is 7.59. The first-order chi connectivity index (χ1) is 9.60. The minimum Gasteiger partial charge on any atom is -0.352 e. The van der Waals surface area contributed by atoms with Crippen LogP contribution in [0.2, 0.25) is 0 Å². The number of hydrogen-bond acceptors (Lipinski definition) is 3. The maximum atomic E-state index is 12.2. The normalized spacial score (nSPS) is 22.4. The number of nitrogens with one attached hydrogen (secondary N) is 1. The topological polar surface area (TPSA) is 55.1 Å². The molecular formula is C15H22BrClN2OS. The summed E-state index contributed by atoms with van der Waals surface area (Å²) in [4.78, 5) is 13.4. The fourth-order valence-electron chi connectivity index (χ4n) is 2.58. The predicted molar refractivity (Wildman–Crippen MR) is 95.0 cm³/mol. The molecule has 1 fully saturated rings. The van der Waals surface area contributed by atoms with E-state index in [0.29, 0.717) is 12.5 Å². The third-order valence-corrected chi connectivity index (χ3v) is 5.43. The van der Waals surface area contributed by atoms with Crippen LogP contribution in [0, 0.1) is 5.92 Å². The van der Waals surface area contributed by atoms with E-state index in [9.17, 15) is 4.79 Å². The maximum Gasteiger partial charge on any atom is 0.233 e. The van der Waals surface area contributed by atoms with Crippen LogP contribution in [-0.4, -0.2) is 23.7 Å². The summed E-state index contributed by atoms with van der Waals surface area (Å²) in [6.07, 6.45) is 3.36. The van der Waals surface area contributed by atoms with E-state index in [0.717, 1.165) is 22.2 Å². The Labute approximate surface area is 145 Å². The third-order valence-electron chi connectivity index (χ3n) is 3.79. The lowest BCUT2D eigenvalue weighted by molar-refractivity contribution is -0.121. The number of halogens is 2. The largest absolute Gasteiger partial charge is 0.352 e. The second-order valence-electron chi connectivity index (χ2n) is 5.26. The maximum absolute atomic E-state index is 12.2. The summed E-state index contributed by atoms with van der Waals surface area (Å²) in [6.45, 7) is 2.62. The van der Waals surface area contributed by atoms with Gasteiger partial charge in [-0.05, 0) is 56.5 Å². The molecule has 6 heteroatoms. The van der Waals surface area contributed by atoms with Crippen molar-refractivity contribution in [2.45, 2.75) is 42.4 Å². The highest BCUT2D eigenvalue weighted by atomic mass is 79.9. The molecule has 0 spiro atoms. The van der Waals surface area contributed by atoms with Crippen molar-refractivity contribution in [3.05, 3.63) is 28.7 Å². The van der Waals surface area contributed by atoms with Gasteiger partial charge in [0.05, 0.1) is 5.25 Å². The highest BCUT2D eigenvalue weighted by Gasteiger charge is 2.28. The van der Waals surface area contributed by atoms with Crippen LogP contribution in [0.3, 0.4) is 0 Å². The lowest BCUT2D eigenvalue weighted by Crippen LogP contribution is -2.43. The van der Waals surface area contributed by atoms with E-state index in [1.807, 2.05) is 31.2 Å². The van der Waals surface area contributed by atoms with Crippen molar-refractivity contribution in [3.63, 3.8) is 0 Å². The minimum atomic E-state index is -0.0878. The monoisotopic (exact) mass is 392 g/mol. The molecule has 3 nitrogen and oxygen atoms in total. The lowest BCUT2D eigenvalue weighted by Gasteiger charge is -2.21. The number of benzene rings is 1. The summed E-state index contributed by atoms with van der Waals surface area (Å²) in [7, 11) is 0. The molecule has 0 heterocycles. The van der Waals surface area contributed by atoms with Gasteiger partial charge >= 0.3 is 0 Å². The predicted octanol–water partition coefficient (Wildman–Crippen LogP) is 3.60. The van der Waals surface area contributed by atoms with Gasteiger partial charge in [-0.25, -0.2) is 0 Å². The van der Waals surface area contributed by atoms with Crippen LogP contribution in [0.15, 0.2) is 33.6 Å². The van der Waals surface area contributed by atoms with Crippen molar-refractivity contribution in [3.8, 4) is 0 Å². The summed E-state index contributed by atoms with van der Waals surface area (Å²) in [5.74, 6) is 0.562. The third kappa shape index (κ3) is 5.47. The summed E-state index contributed by atoms with van der Waals surface area (Å²) in [5, 5.41) is 3.07. The smallest absolute Gasteiger partial charge is 0.233 e. The molecule has 3 N–H and O–H groups in total. The van der Waals surface area contributed by atoms with Gasteiger partial charge in [-0.2, -0.15) is 0 Å². The van der Waals surface area contributed by atoms with Gasteiger partial charge in [0.15, 0.2) is 0 Å². The van der Waals surface area contributed by atoms with E-state index >= 15 is 0 Å². The van der Waals surface area contributed by atoms with Gasteiger partial charge in [0.1, 0.15) is 0 Å². The number of carbonyl (C=O) groups excluding carboxylic acids is 1. The molecule has 1 saturated carbocycles. The number of thioether (sulfide) groups is 1. The zero-order valence-corrected chi connectivity index (χ0v) is 15.3. The Morgan fingerprint density at radius 2 is 2.10 bits per heavy atom. The van der Waals surface area contributed by atoms with Gasteiger partial charge in [0.25, 0.3) is 0 Å². The molecule has 0 aromatic heterocycles. The molecule has 3 atom stereocenters. The van der Waals surface area contributed by atoms with Crippen LogP contribution in [0.25, 0.3) is 0 Å². The van der Waals surface area contributed by atoms with Gasteiger partial charge in [-0.15, -0.1) is 24.2 Å². The van der Waals surface area contributed by atoms with Crippen molar-refractivity contribution < 1.29 is 4.79 Å².